The average Bonchev–Trinajstić information content (AvgIpc) is 2.54. The van der Waals surface area contributed by atoms with Gasteiger partial charge in [0.05, 0.1) is 11.7 Å². The molecule has 0 aliphatic heterocycles. The van der Waals surface area contributed by atoms with Gasteiger partial charge in [0, 0.05) is 0 Å². The third-order valence-corrected chi connectivity index (χ3v) is 1.25. The van der Waals surface area contributed by atoms with Crippen molar-refractivity contribution in [1.29, 1.82) is 0 Å². The molecule has 0 amide bonds. The van der Waals surface area contributed by atoms with Crippen molar-refractivity contribution in [2.45, 2.75) is 0 Å². The topological polar surface area (TPSA) is 80.5 Å². The van der Waals surface area contributed by atoms with Gasteiger partial charge < -0.3 is 10.7 Å². The molecule has 0 unspecified atom stereocenters. The molecule has 0 saturated carbocycles. The number of anilines is 1. The smallest absolute Gasteiger partial charge is 0.182 e. The molecule has 7 heteroatoms. The minimum atomic E-state index is 0.194. The summed E-state index contributed by atoms with van der Waals surface area (Å²) >= 11 is 9.53. The summed E-state index contributed by atoms with van der Waals surface area (Å²) in [6.07, 6.45) is 2.92. The summed E-state index contributed by atoms with van der Waals surface area (Å²) < 4.78 is 0. The zero-order chi connectivity index (χ0) is 9.68. The van der Waals surface area contributed by atoms with Gasteiger partial charge in [-0.05, 0) is 0 Å². The molecule has 2 heterocycles. The molecule has 0 fully saturated rings. The molecule has 5 nitrogen and oxygen atoms in total. The minimum absolute atomic E-state index is 0.194. The first-order chi connectivity index (χ1) is 6.29. The van der Waals surface area contributed by atoms with Crippen LogP contribution in [0.3, 0.4) is 0 Å². The number of aromatic nitrogens is 4. The van der Waals surface area contributed by atoms with Crippen molar-refractivity contribution in [2.75, 3.05) is 11.1 Å². The van der Waals surface area contributed by atoms with Crippen LogP contribution >= 0.6 is 23.2 Å². The van der Waals surface area contributed by atoms with Gasteiger partial charge >= 0.3 is 0 Å². The molecule has 3 N–H and O–H groups in total. The van der Waals surface area contributed by atoms with Crippen LogP contribution in [-0.2, 0) is 0 Å². The summed E-state index contributed by atoms with van der Waals surface area (Å²) in [5.74, 6) is 0.433. The SMILES string of the molecule is ClCCl.Nc1ncnc2nc[nH]c12. The summed E-state index contributed by atoms with van der Waals surface area (Å²) in [6.45, 7) is 0. The largest absolute Gasteiger partial charge is 0.382 e. The molecule has 2 rings (SSSR count). The lowest BCUT2D eigenvalue weighted by Crippen LogP contribution is -1.91. The fourth-order valence-corrected chi connectivity index (χ4v) is 0.784. The van der Waals surface area contributed by atoms with Crippen LogP contribution in [0.2, 0.25) is 0 Å². The van der Waals surface area contributed by atoms with Crippen LogP contribution in [0.25, 0.3) is 11.2 Å². The van der Waals surface area contributed by atoms with Crippen LogP contribution < -0.4 is 5.73 Å². The highest BCUT2D eigenvalue weighted by atomic mass is 35.5. The van der Waals surface area contributed by atoms with Crippen molar-refractivity contribution < 1.29 is 0 Å². The summed E-state index contributed by atoms with van der Waals surface area (Å²) in [5, 5.41) is 0.194. The van der Waals surface area contributed by atoms with E-state index in [0.29, 0.717) is 17.0 Å². The van der Waals surface area contributed by atoms with E-state index in [0.717, 1.165) is 0 Å². The second-order valence-corrected chi connectivity index (χ2v) is 2.77. The molecule has 2 aromatic heterocycles. The van der Waals surface area contributed by atoms with E-state index in [1.807, 2.05) is 0 Å². The number of H-pyrrole nitrogens is 1. The number of rotatable bonds is 0. The van der Waals surface area contributed by atoms with Crippen molar-refractivity contribution in [3.8, 4) is 0 Å². The number of hydrogen-bond donors (Lipinski definition) is 2. The van der Waals surface area contributed by atoms with Crippen LogP contribution in [0.15, 0.2) is 12.7 Å². The second-order valence-electron chi connectivity index (χ2n) is 1.96. The molecule has 0 aliphatic rings. The number of hydrogen-bond acceptors (Lipinski definition) is 4. The standard InChI is InChI=1S/C5H5N5.CH2Cl2/c6-4-3-5(9-1-7-3)10-2-8-4;2-1-3/h1-2H,(H3,6,7,8,9,10);1H2. The number of alkyl halides is 2. The number of nitrogens with zero attached hydrogens (tertiary/aromatic N) is 3. The normalized spacial score (nSPS) is 9.38. The van der Waals surface area contributed by atoms with Crippen molar-refractivity contribution in [2.24, 2.45) is 0 Å². The van der Waals surface area contributed by atoms with Gasteiger partial charge in [-0.25, -0.2) is 15.0 Å². The predicted molar refractivity (Wildman–Crippen MR) is 52.7 cm³/mol. The van der Waals surface area contributed by atoms with Gasteiger partial charge in [-0.2, -0.15) is 0 Å². The lowest BCUT2D eigenvalue weighted by Gasteiger charge is -1.89. The zero-order valence-electron chi connectivity index (χ0n) is 6.54. The highest BCUT2D eigenvalue weighted by molar-refractivity contribution is 6.40. The Hall–Kier alpha value is -1.07. The molecule has 2 aromatic rings. The number of nitrogens with two attached hydrogens (primary N) is 1. The van der Waals surface area contributed by atoms with E-state index < -0.39 is 0 Å². The first-order valence-electron chi connectivity index (χ1n) is 3.31. The van der Waals surface area contributed by atoms with Crippen molar-refractivity contribution in [3.05, 3.63) is 12.7 Å². The molecular weight excluding hydrogens is 213 g/mol. The Morgan fingerprint density at radius 3 is 2.62 bits per heavy atom. The third kappa shape index (κ3) is 2.43. The van der Waals surface area contributed by atoms with Crippen LogP contribution in [0.5, 0.6) is 0 Å². The maximum atomic E-state index is 5.48. The van der Waals surface area contributed by atoms with Gasteiger partial charge in [0.1, 0.15) is 11.8 Å². The molecule has 0 spiro atoms. The van der Waals surface area contributed by atoms with Gasteiger partial charge in [0.25, 0.3) is 0 Å². The minimum Gasteiger partial charge on any atom is -0.382 e. The number of imidazole rings is 1. The monoisotopic (exact) mass is 219 g/mol. The first kappa shape index (κ1) is 10.0. The third-order valence-electron chi connectivity index (χ3n) is 1.25. The predicted octanol–water partition coefficient (Wildman–Crippen LogP) is 1.36. The number of nitrogen functional groups attached to an aromatic ring is 1. The van der Waals surface area contributed by atoms with E-state index in [4.69, 9.17) is 28.9 Å². The Labute approximate surface area is 84.3 Å². The first-order valence-corrected chi connectivity index (χ1v) is 4.38. The lowest BCUT2D eigenvalue weighted by molar-refractivity contribution is 1.21. The van der Waals surface area contributed by atoms with E-state index in [9.17, 15) is 0 Å². The molecule has 0 aliphatic carbocycles. The Balaban J connectivity index is 0.000000251. The second kappa shape index (κ2) is 4.84. The van der Waals surface area contributed by atoms with Crippen molar-refractivity contribution in [1.82, 2.24) is 19.9 Å². The Bertz CT molecular complexity index is 374. The molecular formula is C6H7Cl2N5. The summed E-state index contributed by atoms with van der Waals surface area (Å²) in [4.78, 5) is 14.4. The highest BCUT2D eigenvalue weighted by Crippen LogP contribution is 2.09. The zero-order valence-corrected chi connectivity index (χ0v) is 8.05. The summed E-state index contributed by atoms with van der Waals surface area (Å²) in [6, 6.07) is 0. The number of aromatic amines is 1. The molecule has 70 valence electrons. The van der Waals surface area contributed by atoms with Gasteiger partial charge in [-0.1, -0.05) is 0 Å². The van der Waals surface area contributed by atoms with Crippen LogP contribution in [0.1, 0.15) is 0 Å². The van der Waals surface area contributed by atoms with Crippen LogP contribution in [0, 0.1) is 0 Å². The van der Waals surface area contributed by atoms with Crippen molar-refractivity contribution >= 4 is 40.2 Å². The van der Waals surface area contributed by atoms with E-state index in [1.54, 1.807) is 0 Å². The Kier molecular flexibility index (Phi) is 3.72. The number of fused-ring (bicyclic) bond motifs is 1. The van der Waals surface area contributed by atoms with Crippen LogP contribution in [0.4, 0.5) is 5.82 Å². The number of nitrogens with one attached hydrogen (secondary N) is 1. The maximum Gasteiger partial charge on any atom is 0.182 e. The Morgan fingerprint density at radius 2 is 2.00 bits per heavy atom. The van der Waals surface area contributed by atoms with E-state index in [1.165, 1.54) is 12.7 Å². The molecule has 0 saturated heterocycles. The van der Waals surface area contributed by atoms with Gasteiger partial charge in [0.15, 0.2) is 11.5 Å². The number of halogens is 2. The molecule has 0 aromatic carbocycles. The molecule has 0 radical (unpaired) electrons. The fourth-order valence-electron chi connectivity index (χ4n) is 0.784. The van der Waals surface area contributed by atoms with Gasteiger partial charge in [-0.15, -0.1) is 23.2 Å². The van der Waals surface area contributed by atoms with Gasteiger partial charge in [-0.3, -0.25) is 0 Å². The van der Waals surface area contributed by atoms with E-state index >= 15 is 0 Å². The quantitative estimate of drug-likeness (QED) is 0.656. The summed E-state index contributed by atoms with van der Waals surface area (Å²) in [7, 11) is 0. The van der Waals surface area contributed by atoms with E-state index in [2.05, 4.69) is 19.9 Å². The average molecular weight is 220 g/mol. The van der Waals surface area contributed by atoms with E-state index in [-0.39, 0.29) is 5.34 Å². The molecule has 0 atom stereocenters. The lowest BCUT2D eigenvalue weighted by atomic mass is 10.5. The summed E-state index contributed by atoms with van der Waals surface area (Å²) in [5.41, 5.74) is 6.78. The van der Waals surface area contributed by atoms with Crippen LogP contribution in [-0.4, -0.2) is 25.3 Å². The highest BCUT2D eigenvalue weighted by Gasteiger charge is 1.99. The van der Waals surface area contributed by atoms with Crippen molar-refractivity contribution in [3.63, 3.8) is 0 Å². The molecule has 13 heavy (non-hydrogen) atoms. The fraction of sp³-hybridized carbons (Fsp3) is 0.167. The maximum absolute atomic E-state index is 5.48. The van der Waals surface area contributed by atoms with Gasteiger partial charge in [0.2, 0.25) is 0 Å². The molecule has 0 bridgehead atoms. The Morgan fingerprint density at radius 1 is 1.31 bits per heavy atom.